The van der Waals surface area contributed by atoms with Crippen molar-refractivity contribution < 1.29 is 13.5 Å². The molecule has 1 rings (SSSR count). The maximum atomic E-state index is 12.6. The van der Waals surface area contributed by atoms with E-state index in [0.717, 1.165) is 0 Å². The number of halogens is 2. The first-order valence-electron chi connectivity index (χ1n) is 2.86. The first kappa shape index (κ1) is 7.25. The summed E-state index contributed by atoms with van der Waals surface area (Å²) < 4.78 is 29.6. The summed E-state index contributed by atoms with van der Waals surface area (Å²) in [5, 5.41) is 0. The van der Waals surface area contributed by atoms with E-state index in [4.69, 9.17) is 0 Å². The van der Waals surface area contributed by atoms with Crippen LogP contribution in [0.4, 0.5) is 8.78 Å². The molecule has 0 aromatic rings. The average molecular weight is 145 g/mol. The van der Waals surface area contributed by atoms with E-state index in [-0.39, 0.29) is 12.2 Å². The highest BCUT2D eigenvalue weighted by molar-refractivity contribution is 5.18. The summed E-state index contributed by atoms with van der Waals surface area (Å²) in [7, 11) is 1.24. The van der Waals surface area contributed by atoms with Crippen molar-refractivity contribution in [3.8, 4) is 0 Å². The third kappa shape index (κ3) is 1.17. The number of alkyl halides is 2. The van der Waals surface area contributed by atoms with E-state index in [1.807, 2.05) is 0 Å². The molecule has 0 bridgehead atoms. The standard InChI is InChI=1S/C7H7F2O/c1-10-6-4-2-3-5-7(6,8)9/h2,4H,5H2,1H3. The molecule has 0 aliphatic heterocycles. The molecule has 10 heavy (non-hydrogen) atoms. The van der Waals surface area contributed by atoms with E-state index >= 15 is 0 Å². The van der Waals surface area contributed by atoms with E-state index in [1.165, 1.54) is 19.3 Å². The largest absolute Gasteiger partial charge is 0.495 e. The number of allylic oxidation sites excluding steroid dienone is 4. The molecule has 0 atom stereocenters. The molecule has 0 saturated carbocycles. The van der Waals surface area contributed by atoms with Crippen LogP contribution in [0.1, 0.15) is 6.42 Å². The SMILES string of the molecule is COC1=CC=[C]CC1(F)F. The molecule has 0 saturated heterocycles. The van der Waals surface area contributed by atoms with E-state index < -0.39 is 5.92 Å². The molecular formula is C7H7F2O. The molecule has 1 nitrogen and oxygen atoms in total. The molecule has 1 aliphatic carbocycles. The van der Waals surface area contributed by atoms with E-state index in [2.05, 4.69) is 10.8 Å². The van der Waals surface area contributed by atoms with Crippen LogP contribution in [0.5, 0.6) is 0 Å². The van der Waals surface area contributed by atoms with E-state index in [9.17, 15) is 8.78 Å². The first-order valence-corrected chi connectivity index (χ1v) is 2.86. The monoisotopic (exact) mass is 145 g/mol. The normalized spacial score (nSPS) is 22.1. The minimum absolute atomic E-state index is 0.286. The second-order valence-electron chi connectivity index (χ2n) is 1.99. The summed E-state index contributed by atoms with van der Waals surface area (Å²) in [6.45, 7) is 0. The highest BCUT2D eigenvalue weighted by atomic mass is 19.3. The Balaban J connectivity index is 2.81. The van der Waals surface area contributed by atoms with Gasteiger partial charge in [0.15, 0.2) is 5.76 Å². The zero-order valence-electron chi connectivity index (χ0n) is 5.53. The molecule has 1 radical (unpaired) electrons. The fraction of sp³-hybridized carbons (Fsp3) is 0.429. The molecule has 0 aromatic carbocycles. The Kier molecular flexibility index (Phi) is 1.74. The van der Waals surface area contributed by atoms with Gasteiger partial charge in [-0.1, -0.05) is 6.08 Å². The number of rotatable bonds is 1. The molecule has 0 unspecified atom stereocenters. The van der Waals surface area contributed by atoms with Crippen LogP contribution in [0, 0.1) is 6.08 Å². The van der Waals surface area contributed by atoms with Crippen LogP contribution in [0.25, 0.3) is 0 Å². The molecule has 0 heterocycles. The van der Waals surface area contributed by atoms with Crippen molar-refractivity contribution in [2.45, 2.75) is 12.3 Å². The van der Waals surface area contributed by atoms with Crippen LogP contribution in [0.2, 0.25) is 0 Å². The van der Waals surface area contributed by atoms with Crippen molar-refractivity contribution in [1.82, 2.24) is 0 Å². The third-order valence-corrected chi connectivity index (χ3v) is 1.26. The number of hydrogen-bond donors (Lipinski definition) is 0. The van der Waals surface area contributed by atoms with Crippen molar-refractivity contribution in [2.75, 3.05) is 7.11 Å². The molecule has 1 aliphatic rings. The molecule has 0 fully saturated rings. The molecule has 0 spiro atoms. The van der Waals surface area contributed by atoms with Gasteiger partial charge in [-0.2, -0.15) is 8.78 Å². The van der Waals surface area contributed by atoms with Crippen LogP contribution in [0.15, 0.2) is 17.9 Å². The van der Waals surface area contributed by atoms with Crippen molar-refractivity contribution in [3.63, 3.8) is 0 Å². The summed E-state index contributed by atoms with van der Waals surface area (Å²) in [5.41, 5.74) is 0. The van der Waals surface area contributed by atoms with Crippen molar-refractivity contribution in [1.29, 1.82) is 0 Å². The minimum atomic E-state index is -2.86. The zero-order chi connectivity index (χ0) is 7.61. The molecule has 0 aromatic heterocycles. The smallest absolute Gasteiger partial charge is 0.308 e. The molecular weight excluding hydrogens is 138 g/mol. The van der Waals surface area contributed by atoms with E-state index in [0.29, 0.717) is 0 Å². The highest BCUT2D eigenvalue weighted by Crippen LogP contribution is 2.30. The van der Waals surface area contributed by atoms with Crippen molar-refractivity contribution >= 4 is 0 Å². The maximum Gasteiger partial charge on any atom is 0.308 e. The summed E-state index contributed by atoms with van der Waals surface area (Å²) in [6, 6.07) is 0. The van der Waals surface area contributed by atoms with Gasteiger partial charge in [0.25, 0.3) is 0 Å². The first-order chi connectivity index (χ1) is 4.67. The van der Waals surface area contributed by atoms with Gasteiger partial charge < -0.3 is 4.74 Å². The number of ether oxygens (including phenoxy) is 1. The molecule has 3 heteroatoms. The lowest BCUT2D eigenvalue weighted by Gasteiger charge is -2.18. The van der Waals surface area contributed by atoms with Gasteiger partial charge in [0.2, 0.25) is 0 Å². The molecule has 0 N–H and O–H groups in total. The predicted octanol–water partition coefficient (Wildman–Crippen LogP) is 1.92. The quantitative estimate of drug-likeness (QED) is 0.547. The summed E-state index contributed by atoms with van der Waals surface area (Å²) >= 11 is 0. The average Bonchev–Trinajstić information content (AvgIpc) is 1.87. The highest BCUT2D eigenvalue weighted by Gasteiger charge is 2.35. The summed E-state index contributed by atoms with van der Waals surface area (Å²) in [4.78, 5) is 0. The zero-order valence-corrected chi connectivity index (χ0v) is 5.53. The second kappa shape index (κ2) is 2.40. The van der Waals surface area contributed by atoms with Crippen LogP contribution >= 0.6 is 0 Å². The number of hydrogen-bond acceptors (Lipinski definition) is 1. The van der Waals surface area contributed by atoms with Gasteiger partial charge in [-0.25, -0.2) is 0 Å². The van der Waals surface area contributed by atoms with Gasteiger partial charge in [-0.05, 0) is 12.2 Å². The Morgan fingerprint density at radius 1 is 1.70 bits per heavy atom. The van der Waals surface area contributed by atoms with Gasteiger partial charge in [0.05, 0.1) is 7.11 Å². The summed E-state index contributed by atoms with van der Waals surface area (Å²) in [5.74, 6) is -3.14. The van der Waals surface area contributed by atoms with Gasteiger partial charge >= 0.3 is 5.92 Å². The topological polar surface area (TPSA) is 9.23 Å². The molecule has 0 amide bonds. The Bertz CT molecular complexity index is 182. The van der Waals surface area contributed by atoms with Crippen LogP contribution in [-0.4, -0.2) is 13.0 Å². The van der Waals surface area contributed by atoms with Gasteiger partial charge in [0.1, 0.15) is 0 Å². The van der Waals surface area contributed by atoms with Crippen molar-refractivity contribution in [3.05, 3.63) is 24.0 Å². The lowest BCUT2D eigenvalue weighted by molar-refractivity contribution is -0.0115. The lowest BCUT2D eigenvalue weighted by atomic mass is 10.1. The summed E-state index contributed by atoms with van der Waals surface area (Å²) in [6.07, 6.45) is 4.69. The molecule has 55 valence electrons. The van der Waals surface area contributed by atoms with Crippen LogP contribution in [-0.2, 0) is 4.74 Å². The predicted molar refractivity (Wildman–Crippen MR) is 32.5 cm³/mol. The van der Waals surface area contributed by atoms with Gasteiger partial charge in [0, 0.05) is 6.42 Å². The van der Waals surface area contributed by atoms with E-state index in [1.54, 1.807) is 0 Å². The van der Waals surface area contributed by atoms with Crippen LogP contribution in [0.3, 0.4) is 0 Å². The van der Waals surface area contributed by atoms with Gasteiger partial charge in [-0.15, -0.1) is 0 Å². The lowest BCUT2D eigenvalue weighted by Crippen LogP contribution is -2.21. The fourth-order valence-electron chi connectivity index (χ4n) is 0.748. The Morgan fingerprint density at radius 3 is 2.80 bits per heavy atom. The van der Waals surface area contributed by atoms with Gasteiger partial charge in [-0.3, -0.25) is 0 Å². The maximum absolute atomic E-state index is 12.6. The van der Waals surface area contributed by atoms with Crippen LogP contribution < -0.4 is 0 Å². The fourth-order valence-corrected chi connectivity index (χ4v) is 0.748. The van der Waals surface area contributed by atoms with Crippen molar-refractivity contribution in [2.24, 2.45) is 0 Å². The number of methoxy groups -OCH3 is 1. The Labute approximate surface area is 58.0 Å². The third-order valence-electron chi connectivity index (χ3n) is 1.26. The second-order valence-corrected chi connectivity index (χ2v) is 1.99. The minimum Gasteiger partial charge on any atom is -0.495 e. The Hall–Kier alpha value is -0.860. The Morgan fingerprint density at radius 2 is 2.40 bits per heavy atom.